The van der Waals surface area contributed by atoms with E-state index in [0.29, 0.717) is 41.1 Å². The summed E-state index contributed by atoms with van der Waals surface area (Å²) in [6, 6.07) is 22.5. The number of unbranched alkanes of at least 4 members (excludes halogenated alkanes) is 1. The molecule has 0 fully saturated rings. The Morgan fingerprint density at radius 2 is 1.85 bits per heavy atom. The zero-order valence-electron chi connectivity index (χ0n) is 23.2. The van der Waals surface area contributed by atoms with Gasteiger partial charge in [-0.25, -0.2) is 14.9 Å². The van der Waals surface area contributed by atoms with Crippen LogP contribution in [0.3, 0.4) is 0 Å². The Morgan fingerprint density at radius 1 is 1.07 bits per heavy atom. The van der Waals surface area contributed by atoms with Gasteiger partial charge in [0.05, 0.1) is 24.6 Å². The van der Waals surface area contributed by atoms with E-state index in [-0.39, 0.29) is 5.56 Å². The van der Waals surface area contributed by atoms with E-state index in [1.54, 1.807) is 29.8 Å². The molecule has 1 atom stereocenters. The minimum absolute atomic E-state index is 0.163. The van der Waals surface area contributed by atoms with Gasteiger partial charge in [0.1, 0.15) is 11.6 Å². The highest BCUT2D eigenvalue weighted by molar-refractivity contribution is 5.91. The maximum Gasteiger partial charge on any atom is 0.413 e. The van der Waals surface area contributed by atoms with Crippen molar-refractivity contribution in [2.75, 3.05) is 19.1 Å². The van der Waals surface area contributed by atoms with E-state index in [0.717, 1.165) is 29.8 Å². The molecule has 1 unspecified atom stereocenters. The summed E-state index contributed by atoms with van der Waals surface area (Å²) in [7, 11) is 2.91. The molecule has 5 aromatic rings. The van der Waals surface area contributed by atoms with Crippen molar-refractivity contribution in [1.29, 1.82) is 0 Å². The van der Waals surface area contributed by atoms with Gasteiger partial charge >= 0.3 is 6.09 Å². The smallest absolute Gasteiger partial charge is 0.413 e. The largest absolute Gasteiger partial charge is 0.478 e. The average molecular weight is 554 g/mol. The number of anilines is 1. The molecule has 1 N–H and O–H groups in total. The third-order valence-corrected chi connectivity index (χ3v) is 6.84. The minimum atomic E-state index is -0.520. The van der Waals surface area contributed by atoms with Crippen molar-refractivity contribution in [1.82, 2.24) is 30.2 Å². The Balaban J connectivity index is 1.44. The summed E-state index contributed by atoms with van der Waals surface area (Å²) in [4.78, 5) is 32.0. The molecule has 0 radical (unpaired) electrons. The molecular formula is C30H31N7O4. The number of aromatic nitrogens is 6. The Kier molecular flexibility index (Phi) is 8.33. The summed E-state index contributed by atoms with van der Waals surface area (Å²) < 4.78 is 12.8. The molecule has 0 aliphatic carbocycles. The van der Waals surface area contributed by atoms with Gasteiger partial charge in [0.2, 0.25) is 0 Å². The van der Waals surface area contributed by atoms with E-state index < -0.39 is 12.2 Å². The monoisotopic (exact) mass is 553 g/mol. The number of aryl methyl sites for hydroxylation is 1. The van der Waals surface area contributed by atoms with Gasteiger partial charge in [0, 0.05) is 24.7 Å². The zero-order valence-corrected chi connectivity index (χ0v) is 23.2. The first-order valence-corrected chi connectivity index (χ1v) is 13.4. The maximum atomic E-state index is 13.8. The minimum Gasteiger partial charge on any atom is -0.478 e. The topological polar surface area (TPSA) is 128 Å². The van der Waals surface area contributed by atoms with Gasteiger partial charge in [-0.05, 0) is 52.7 Å². The summed E-state index contributed by atoms with van der Waals surface area (Å²) in [5, 5.41) is 14.7. The van der Waals surface area contributed by atoms with E-state index in [2.05, 4.69) is 27.5 Å². The molecular weight excluding hydrogens is 522 g/mol. The van der Waals surface area contributed by atoms with Crippen molar-refractivity contribution < 1.29 is 14.3 Å². The lowest BCUT2D eigenvalue weighted by molar-refractivity contribution is 0.180. The van der Waals surface area contributed by atoms with Crippen LogP contribution < -0.4 is 15.2 Å². The molecule has 5 rings (SSSR count). The molecule has 0 aliphatic rings. The van der Waals surface area contributed by atoms with Gasteiger partial charge < -0.3 is 9.47 Å². The molecule has 1 amide bonds. The number of nitrogens with one attached hydrogen (secondary N) is 1. The van der Waals surface area contributed by atoms with Crippen molar-refractivity contribution in [3.63, 3.8) is 0 Å². The van der Waals surface area contributed by atoms with Crippen molar-refractivity contribution in [2.24, 2.45) is 0 Å². The number of tetrazole rings is 1. The van der Waals surface area contributed by atoms with Gasteiger partial charge in [-0.3, -0.25) is 14.3 Å². The molecule has 2 aromatic heterocycles. The Bertz CT molecular complexity index is 1670. The number of H-pyrrole nitrogens is 1. The number of carbonyl (C=O) groups is 1. The van der Waals surface area contributed by atoms with Gasteiger partial charge in [0.15, 0.2) is 11.9 Å². The Morgan fingerprint density at radius 3 is 2.54 bits per heavy atom. The fourth-order valence-corrected chi connectivity index (χ4v) is 4.57. The third-order valence-electron chi connectivity index (χ3n) is 6.84. The van der Waals surface area contributed by atoms with Crippen molar-refractivity contribution >= 4 is 22.7 Å². The number of fused-ring (bicyclic) bond motifs is 1. The van der Waals surface area contributed by atoms with Crippen LogP contribution in [-0.4, -0.2) is 50.4 Å². The second kappa shape index (κ2) is 12.4. The highest BCUT2D eigenvalue weighted by atomic mass is 16.5. The molecule has 0 bridgehead atoms. The number of amides is 1. The lowest BCUT2D eigenvalue weighted by Crippen LogP contribution is -2.28. The van der Waals surface area contributed by atoms with Crippen LogP contribution in [0.1, 0.15) is 48.6 Å². The third kappa shape index (κ3) is 6.08. The normalized spacial score (nSPS) is 11.8. The molecule has 2 heterocycles. The number of methoxy groups -OCH3 is 1. The SMILES string of the molecule is CCCCc1nc2ccc(N(C)C(=O)OC)cc2c(=O)n1Cc1ccc(OC(c2ccccc2)c2nnn[nH]2)cc1. The van der Waals surface area contributed by atoms with E-state index in [9.17, 15) is 9.59 Å². The average Bonchev–Trinajstić information content (AvgIpc) is 3.55. The van der Waals surface area contributed by atoms with Crippen LogP contribution in [-0.2, 0) is 17.7 Å². The van der Waals surface area contributed by atoms with E-state index in [1.165, 1.54) is 12.0 Å². The quantitative estimate of drug-likeness (QED) is 0.264. The highest BCUT2D eigenvalue weighted by Crippen LogP contribution is 2.26. The summed E-state index contributed by atoms with van der Waals surface area (Å²) in [6.45, 7) is 2.45. The predicted octanol–water partition coefficient (Wildman–Crippen LogP) is 4.67. The second-order valence-corrected chi connectivity index (χ2v) is 9.59. The van der Waals surface area contributed by atoms with Crippen LogP contribution in [0, 0.1) is 0 Å². The van der Waals surface area contributed by atoms with Crippen molar-refractivity contribution in [2.45, 2.75) is 38.8 Å². The van der Waals surface area contributed by atoms with Crippen LogP contribution in [0.15, 0.2) is 77.6 Å². The predicted molar refractivity (Wildman–Crippen MR) is 154 cm³/mol. The molecule has 0 saturated carbocycles. The number of carbonyl (C=O) groups excluding carboxylic acids is 1. The summed E-state index contributed by atoms with van der Waals surface area (Å²) in [5.74, 6) is 1.84. The number of ether oxygens (including phenoxy) is 2. The first-order valence-electron chi connectivity index (χ1n) is 13.4. The highest BCUT2D eigenvalue weighted by Gasteiger charge is 2.20. The van der Waals surface area contributed by atoms with Crippen LogP contribution in [0.25, 0.3) is 10.9 Å². The first-order chi connectivity index (χ1) is 20.0. The second-order valence-electron chi connectivity index (χ2n) is 9.59. The lowest BCUT2D eigenvalue weighted by Gasteiger charge is -2.18. The van der Waals surface area contributed by atoms with E-state index >= 15 is 0 Å². The van der Waals surface area contributed by atoms with Crippen LogP contribution >= 0.6 is 0 Å². The Labute approximate surface area is 236 Å². The molecule has 41 heavy (non-hydrogen) atoms. The molecule has 11 heteroatoms. The van der Waals surface area contributed by atoms with E-state index in [1.807, 2.05) is 54.6 Å². The number of hydrogen-bond donors (Lipinski definition) is 1. The molecule has 3 aromatic carbocycles. The molecule has 0 aliphatic heterocycles. The van der Waals surface area contributed by atoms with Crippen LogP contribution in [0.5, 0.6) is 5.75 Å². The van der Waals surface area contributed by atoms with Gasteiger partial charge in [-0.1, -0.05) is 55.8 Å². The summed E-state index contributed by atoms with van der Waals surface area (Å²) >= 11 is 0. The van der Waals surface area contributed by atoms with Crippen molar-refractivity contribution in [3.8, 4) is 5.75 Å². The maximum absolute atomic E-state index is 13.8. The number of aromatic amines is 1. The summed E-state index contributed by atoms with van der Waals surface area (Å²) in [5.41, 5.74) is 2.80. The lowest BCUT2D eigenvalue weighted by atomic mass is 10.1. The van der Waals surface area contributed by atoms with Gasteiger partial charge in [-0.2, -0.15) is 0 Å². The standard InChI is InChI=1S/C30H31N7O4/c1-4-5-11-26-31-25-17-14-22(36(2)30(39)40-3)18-24(25)29(38)37(26)19-20-12-15-23(16-13-20)41-27(28-32-34-35-33-28)21-9-7-6-8-10-21/h6-10,12-18,27H,4-5,11,19H2,1-3H3,(H,32,33,34,35). The van der Waals surface area contributed by atoms with Crippen LogP contribution in [0.2, 0.25) is 0 Å². The number of rotatable bonds is 10. The fraction of sp³-hybridized carbons (Fsp3) is 0.267. The molecule has 0 spiro atoms. The number of hydrogen-bond acceptors (Lipinski definition) is 8. The molecule has 210 valence electrons. The Hall–Kier alpha value is -5.06. The van der Waals surface area contributed by atoms with Gasteiger partial charge in [-0.15, -0.1) is 5.10 Å². The first kappa shape index (κ1) is 27.5. The number of nitrogens with zero attached hydrogens (tertiary/aromatic N) is 6. The van der Waals surface area contributed by atoms with E-state index in [4.69, 9.17) is 14.5 Å². The van der Waals surface area contributed by atoms with Crippen LogP contribution in [0.4, 0.5) is 10.5 Å². The zero-order chi connectivity index (χ0) is 28.8. The molecule has 11 nitrogen and oxygen atoms in total. The van der Waals surface area contributed by atoms with Gasteiger partial charge in [0.25, 0.3) is 5.56 Å². The number of benzene rings is 3. The fourth-order valence-electron chi connectivity index (χ4n) is 4.57. The molecule has 0 saturated heterocycles. The van der Waals surface area contributed by atoms with Crippen molar-refractivity contribution in [3.05, 3.63) is 106 Å². The summed E-state index contributed by atoms with van der Waals surface area (Å²) in [6.07, 6.45) is 1.53.